The second-order valence-corrected chi connectivity index (χ2v) is 6.88. The van der Waals surface area contributed by atoms with Crippen molar-refractivity contribution in [3.8, 4) is 5.75 Å². The summed E-state index contributed by atoms with van der Waals surface area (Å²) in [6, 6.07) is 6.32. The van der Waals surface area contributed by atoms with Crippen molar-refractivity contribution in [3.05, 3.63) is 29.3 Å². The van der Waals surface area contributed by atoms with Gasteiger partial charge in [-0.2, -0.15) is 11.8 Å². The molecule has 0 aromatic heterocycles. The zero-order valence-corrected chi connectivity index (χ0v) is 14.9. The lowest BCUT2D eigenvalue weighted by atomic mass is 10.1. The molecule has 23 heavy (non-hydrogen) atoms. The zero-order chi connectivity index (χ0) is 16.7. The van der Waals surface area contributed by atoms with Crippen molar-refractivity contribution in [3.63, 3.8) is 0 Å². The van der Waals surface area contributed by atoms with Crippen LogP contribution < -0.4 is 10.1 Å². The van der Waals surface area contributed by atoms with E-state index < -0.39 is 0 Å². The van der Waals surface area contributed by atoms with Gasteiger partial charge in [0.15, 0.2) is 0 Å². The zero-order valence-electron chi connectivity index (χ0n) is 14.1. The number of carbonyl (C=O) groups is 1. The van der Waals surface area contributed by atoms with Crippen molar-refractivity contribution in [2.24, 2.45) is 0 Å². The van der Waals surface area contributed by atoms with Gasteiger partial charge in [0.25, 0.3) is 0 Å². The molecule has 1 atom stereocenters. The molecule has 128 valence electrons. The van der Waals surface area contributed by atoms with Gasteiger partial charge in [-0.25, -0.2) is 4.79 Å². The Bertz CT molecular complexity index is 525. The minimum Gasteiger partial charge on any atom is -0.491 e. The highest BCUT2D eigenvalue weighted by atomic mass is 32.2. The monoisotopic (exact) mass is 338 g/mol. The molecule has 1 aromatic carbocycles. The highest BCUT2D eigenvalue weighted by molar-refractivity contribution is 7.99. The van der Waals surface area contributed by atoms with E-state index in [1.165, 1.54) is 0 Å². The van der Waals surface area contributed by atoms with Gasteiger partial charge in [-0.15, -0.1) is 0 Å². The van der Waals surface area contributed by atoms with Crippen LogP contribution in [0.5, 0.6) is 5.75 Å². The summed E-state index contributed by atoms with van der Waals surface area (Å²) in [7, 11) is 1.65. The van der Waals surface area contributed by atoms with Crippen molar-refractivity contribution in [1.82, 2.24) is 10.2 Å². The Hall–Kier alpha value is -1.40. The van der Waals surface area contributed by atoms with E-state index in [0.717, 1.165) is 34.9 Å². The first-order valence-electron chi connectivity index (χ1n) is 7.95. The van der Waals surface area contributed by atoms with Crippen LogP contribution in [0.25, 0.3) is 0 Å². The number of aryl methyl sites for hydroxylation is 1. The largest absolute Gasteiger partial charge is 0.491 e. The second kappa shape index (κ2) is 9.03. The van der Waals surface area contributed by atoms with Crippen molar-refractivity contribution in [2.45, 2.75) is 26.4 Å². The van der Waals surface area contributed by atoms with E-state index in [2.05, 4.69) is 12.2 Å². The van der Waals surface area contributed by atoms with Crippen LogP contribution in [-0.2, 0) is 11.3 Å². The standard InChI is InChI=1S/C17H26N2O3S/c1-13-4-5-15(16(10-13)22-8-7-21-3)11-18-17(20)19-6-9-23-12-14(19)2/h4-5,10,14H,6-9,11-12H2,1-3H3,(H,18,20)/t14-/m1/s1. The highest BCUT2D eigenvalue weighted by Gasteiger charge is 2.23. The maximum atomic E-state index is 12.4. The molecule has 1 fully saturated rings. The number of nitrogens with zero attached hydrogens (tertiary/aromatic N) is 1. The van der Waals surface area contributed by atoms with Gasteiger partial charge in [0.2, 0.25) is 0 Å². The predicted molar refractivity (Wildman–Crippen MR) is 94.3 cm³/mol. The van der Waals surface area contributed by atoms with E-state index in [1.54, 1.807) is 7.11 Å². The lowest BCUT2D eigenvalue weighted by Gasteiger charge is -2.33. The van der Waals surface area contributed by atoms with E-state index in [-0.39, 0.29) is 12.1 Å². The summed E-state index contributed by atoms with van der Waals surface area (Å²) in [4.78, 5) is 14.3. The molecule has 5 nitrogen and oxygen atoms in total. The molecule has 0 aliphatic carbocycles. The number of nitrogens with one attached hydrogen (secondary N) is 1. The summed E-state index contributed by atoms with van der Waals surface area (Å²) in [6.07, 6.45) is 0. The normalized spacial score (nSPS) is 17.9. The Balaban J connectivity index is 1.94. The van der Waals surface area contributed by atoms with Crippen LogP contribution in [0.1, 0.15) is 18.1 Å². The highest BCUT2D eigenvalue weighted by Crippen LogP contribution is 2.21. The van der Waals surface area contributed by atoms with Gasteiger partial charge in [-0.1, -0.05) is 12.1 Å². The topological polar surface area (TPSA) is 50.8 Å². The predicted octanol–water partition coefficient (Wildman–Crippen LogP) is 2.67. The van der Waals surface area contributed by atoms with Gasteiger partial charge < -0.3 is 19.7 Å². The molecule has 1 aliphatic heterocycles. The summed E-state index contributed by atoms with van der Waals surface area (Å²) in [5.41, 5.74) is 2.12. The van der Waals surface area contributed by atoms with E-state index >= 15 is 0 Å². The fraction of sp³-hybridized carbons (Fsp3) is 0.588. The van der Waals surface area contributed by atoms with Crippen LogP contribution in [-0.4, -0.2) is 55.3 Å². The Morgan fingerprint density at radius 1 is 1.43 bits per heavy atom. The minimum atomic E-state index is 0.00113. The van der Waals surface area contributed by atoms with Gasteiger partial charge >= 0.3 is 6.03 Å². The number of hydrogen-bond donors (Lipinski definition) is 1. The number of methoxy groups -OCH3 is 1. The quantitative estimate of drug-likeness (QED) is 0.810. The molecule has 0 spiro atoms. The number of hydrogen-bond acceptors (Lipinski definition) is 4. The van der Waals surface area contributed by atoms with Crippen LogP contribution in [0.2, 0.25) is 0 Å². The van der Waals surface area contributed by atoms with E-state index in [0.29, 0.717) is 19.8 Å². The number of urea groups is 1. The summed E-state index contributed by atoms with van der Waals surface area (Å²) in [6.45, 7) is 6.44. The third kappa shape index (κ3) is 5.32. The van der Waals surface area contributed by atoms with Crippen LogP contribution in [0.4, 0.5) is 4.79 Å². The molecule has 2 rings (SSSR count). The molecule has 1 aromatic rings. The fourth-order valence-corrected chi connectivity index (χ4v) is 3.49. The molecule has 0 saturated carbocycles. The van der Waals surface area contributed by atoms with Crippen LogP contribution in [0.15, 0.2) is 18.2 Å². The Kier molecular flexibility index (Phi) is 7.05. The Morgan fingerprint density at radius 2 is 2.26 bits per heavy atom. The summed E-state index contributed by atoms with van der Waals surface area (Å²) in [5.74, 6) is 2.82. The lowest BCUT2D eigenvalue weighted by Crippen LogP contribution is -2.49. The fourth-order valence-electron chi connectivity index (χ4n) is 2.48. The first-order valence-corrected chi connectivity index (χ1v) is 9.10. The number of thioether (sulfide) groups is 1. The molecular weight excluding hydrogens is 312 g/mol. The number of ether oxygens (including phenoxy) is 2. The molecule has 0 radical (unpaired) electrons. The average Bonchev–Trinajstić information content (AvgIpc) is 2.54. The van der Waals surface area contributed by atoms with Crippen molar-refractivity contribution in [2.75, 3.05) is 38.4 Å². The maximum Gasteiger partial charge on any atom is 0.317 e. The second-order valence-electron chi connectivity index (χ2n) is 5.73. The van der Waals surface area contributed by atoms with E-state index in [9.17, 15) is 4.79 Å². The molecule has 2 amide bonds. The number of amides is 2. The maximum absolute atomic E-state index is 12.4. The number of rotatable bonds is 6. The van der Waals surface area contributed by atoms with Gasteiger partial charge in [0.1, 0.15) is 12.4 Å². The molecular formula is C17H26N2O3S. The number of benzene rings is 1. The Morgan fingerprint density at radius 3 is 3.00 bits per heavy atom. The van der Waals surface area contributed by atoms with Gasteiger partial charge in [-0.3, -0.25) is 0 Å². The third-order valence-electron chi connectivity index (χ3n) is 3.83. The summed E-state index contributed by atoms with van der Waals surface area (Å²) in [5, 5.41) is 3.02. The SMILES string of the molecule is COCCOc1cc(C)ccc1CNC(=O)N1CCSC[C@H]1C. The number of carbonyl (C=O) groups excluding carboxylic acids is 1. The van der Waals surface area contributed by atoms with E-state index in [1.807, 2.05) is 41.8 Å². The lowest BCUT2D eigenvalue weighted by molar-refractivity contribution is 0.145. The molecule has 1 heterocycles. The minimum absolute atomic E-state index is 0.00113. The first-order chi connectivity index (χ1) is 11.1. The first kappa shape index (κ1) is 17.9. The molecule has 1 saturated heterocycles. The van der Waals surface area contributed by atoms with Crippen LogP contribution in [0.3, 0.4) is 0 Å². The van der Waals surface area contributed by atoms with E-state index in [4.69, 9.17) is 9.47 Å². The molecule has 1 aliphatic rings. The smallest absolute Gasteiger partial charge is 0.317 e. The molecule has 6 heteroatoms. The van der Waals surface area contributed by atoms with Crippen molar-refractivity contribution >= 4 is 17.8 Å². The van der Waals surface area contributed by atoms with Gasteiger partial charge in [0, 0.05) is 43.3 Å². The third-order valence-corrected chi connectivity index (χ3v) is 5.02. The Labute approximate surface area is 142 Å². The average molecular weight is 338 g/mol. The summed E-state index contributed by atoms with van der Waals surface area (Å²) < 4.78 is 10.8. The molecule has 1 N–H and O–H groups in total. The van der Waals surface area contributed by atoms with Crippen LogP contribution in [0, 0.1) is 6.92 Å². The van der Waals surface area contributed by atoms with Crippen molar-refractivity contribution < 1.29 is 14.3 Å². The molecule has 0 unspecified atom stereocenters. The van der Waals surface area contributed by atoms with Gasteiger partial charge in [-0.05, 0) is 25.5 Å². The van der Waals surface area contributed by atoms with Crippen LogP contribution >= 0.6 is 11.8 Å². The van der Waals surface area contributed by atoms with Gasteiger partial charge in [0.05, 0.1) is 6.61 Å². The van der Waals surface area contributed by atoms with Crippen molar-refractivity contribution in [1.29, 1.82) is 0 Å². The summed E-state index contributed by atoms with van der Waals surface area (Å²) >= 11 is 1.90. The molecule has 0 bridgehead atoms.